The molecular formula is C12H17NO4S. The van der Waals surface area contributed by atoms with Crippen LogP contribution < -0.4 is 4.31 Å². The van der Waals surface area contributed by atoms with Crippen LogP contribution in [0.2, 0.25) is 0 Å². The van der Waals surface area contributed by atoms with Crippen molar-refractivity contribution in [1.29, 1.82) is 0 Å². The van der Waals surface area contributed by atoms with E-state index in [2.05, 4.69) is 0 Å². The molecule has 1 aromatic carbocycles. The first-order valence-electron chi connectivity index (χ1n) is 5.44. The molecule has 5 nitrogen and oxygen atoms in total. The van der Waals surface area contributed by atoms with Crippen molar-refractivity contribution in [3.05, 3.63) is 29.3 Å². The van der Waals surface area contributed by atoms with Gasteiger partial charge in [-0.3, -0.25) is 4.31 Å². The Balaban J connectivity index is 3.45. The first kappa shape index (κ1) is 14.5. The number of hydrogen-bond acceptors (Lipinski definition) is 3. The van der Waals surface area contributed by atoms with Gasteiger partial charge in [-0.2, -0.15) is 0 Å². The Labute approximate surface area is 107 Å². The molecule has 1 aromatic rings. The van der Waals surface area contributed by atoms with Crippen LogP contribution in [0.5, 0.6) is 0 Å². The van der Waals surface area contributed by atoms with Crippen molar-refractivity contribution in [3.63, 3.8) is 0 Å². The van der Waals surface area contributed by atoms with Crippen LogP contribution in [0.25, 0.3) is 0 Å². The van der Waals surface area contributed by atoms with E-state index in [4.69, 9.17) is 5.11 Å². The van der Waals surface area contributed by atoms with Crippen LogP contribution in [-0.4, -0.2) is 31.8 Å². The zero-order valence-corrected chi connectivity index (χ0v) is 11.7. The molecule has 0 aliphatic carbocycles. The van der Waals surface area contributed by atoms with Crippen LogP contribution in [0.3, 0.4) is 0 Å². The minimum atomic E-state index is -3.65. The largest absolute Gasteiger partial charge is 0.480 e. The van der Waals surface area contributed by atoms with E-state index in [-0.39, 0.29) is 0 Å². The molecule has 0 radical (unpaired) electrons. The van der Waals surface area contributed by atoms with E-state index >= 15 is 0 Å². The van der Waals surface area contributed by atoms with Gasteiger partial charge in [-0.15, -0.1) is 0 Å². The molecule has 0 saturated heterocycles. The molecule has 0 aliphatic heterocycles. The van der Waals surface area contributed by atoms with Crippen molar-refractivity contribution in [3.8, 4) is 0 Å². The fourth-order valence-electron chi connectivity index (χ4n) is 1.73. The highest BCUT2D eigenvalue weighted by molar-refractivity contribution is 7.92. The summed E-state index contributed by atoms with van der Waals surface area (Å²) in [4.78, 5) is 11.1. The van der Waals surface area contributed by atoms with Crippen molar-refractivity contribution >= 4 is 21.7 Å². The highest BCUT2D eigenvalue weighted by Crippen LogP contribution is 2.26. The molecule has 1 atom stereocenters. The molecule has 100 valence electrons. The molecule has 0 spiro atoms. The van der Waals surface area contributed by atoms with Gasteiger partial charge in [0.05, 0.1) is 11.9 Å². The molecule has 0 amide bonds. The van der Waals surface area contributed by atoms with Gasteiger partial charge in [-0.05, 0) is 38.0 Å². The Kier molecular flexibility index (Phi) is 4.01. The van der Waals surface area contributed by atoms with Gasteiger partial charge in [0.1, 0.15) is 6.04 Å². The zero-order valence-electron chi connectivity index (χ0n) is 10.8. The number of carbonyl (C=O) groups is 1. The fraction of sp³-hybridized carbons (Fsp3) is 0.417. The summed E-state index contributed by atoms with van der Waals surface area (Å²) in [6.07, 6.45) is 1.01. The molecule has 1 N–H and O–H groups in total. The highest BCUT2D eigenvalue weighted by atomic mass is 32.2. The first-order valence-corrected chi connectivity index (χ1v) is 7.29. The highest BCUT2D eigenvalue weighted by Gasteiger charge is 2.29. The molecular weight excluding hydrogens is 254 g/mol. The molecule has 0 heterocycles. The smallest absolute Gasteiger partial charge is 0.327 e. The second-order valence-corrected chi connectivity index (χ2v) is 6.22. The summed E-state index contributed by atoms with van der Waals surface area (Å²) >= 11 is 0. The minimum absolute atomic E-state index is 0.410. The summed E-state index contributed by atoms with van der Waals surface area (Å²) in [6, 6.07) is 4.17. The van der Waals surface area contributed by atoms with Crippen molar-refractivity contribution in [2.45, 2.75) is 26.8 Å². The van der Waals surface area contributed by atoms with Crippen LogP contribution in [0.4, 0.5) is 5.69 Å². The normalized spacial score (nSPS) is 13.1. The van der Waals surface area contributed by atoms with Gasteiger partial charge < -0.3 is 5.11 Å². The third kappa shape index (κ3) is 3.01. The Morgan fingerprint density at radius 3 is 2.33 bits per heavy atom. The Bertz CT molecular complexity index is 565. The van der Waals surface area contributed by atoms with Gasteiger partial charge in [-0.25, -0.2) is 13.2 Å². The van der Waals surface area contributed by atoms with Gasteiger partial charge in [0.2, 0.25) is 10.0 Å². The number of carboxylic acid groups (broad SMARTS) is 1. The van der Waals surface area contributed by atoms with Crippen molar-refractivity contribution in [1.82, 2.24) is 0 Å². The van der Waals surface area contributed by atoms with Gasteiger partial charge in [-0.1, -0.05) is 12.1 Å². The number of nitrogens with zero attached hydrogens (tertiary/aromatic N) is 1. The molecule has 0 saturated carbocycles. The van der Waals surface area contributed by atoms with E-state index in [1.807, 2.05) is 13.0 Å². The lowest BCUT2D eigenvalue weighted by Crippen LogP contribution is -2.43. The molecule has 0 aliphatic rings. The number of sulfonamides is 1. The number of benzene rings is 1. The number of hydrogen-bond donors (Lipinski definition) is 1. The molecule has 0 bridgehead atoms. The maximum absolute atomic E-state index is 11.8. The van der Waals surface area contributed by atoms with Crippen LogP contribution in [0, 0.1) is 13.8 Å². The lowest BCUT2D eigenvalue weighted by atomic mass is 10.1. The predicted molar refractivity (Wildman–Crippen MR) is 70.3 cm³/mol. The van der Waals surface area contributed by atoms with Crippen molar-refractivity contribution < 1.29 is 18.3 Å². The van der Waals surface area contributed by atoms with E-state index in [1.54, 1.807) is 19.1 Å². The maximum atomic E-state index is 11.8. The third-order valence-corrected chi connectivity index (χ3v) is 3.90. The summed E-state index contributed by atoms with van der Waals surface area (Å²) in [5, 5.41) is 9.03. The van der Waals surface area contributed by atoms with Crippen LogP contribution >= 0.6 is 0 Å². The van der Waals surface area contributed by atoms with Crippen LogP contribution in [0.15, 0.2) is 18.2 Å². The molecule has 0 unspecified atom stereocenters. The monoisotopic (exact) mass is 271 g/mol. The SMILES string of the molecule is Cc1ccc(C)c(N([C@@H](C)C(=O)O)S(C)(=O)=O)c1. The average Bonchev–Trinajstić information content (AvgIpc) is 2.21. The Morgan fingerprint density at radius 2 is 1.89 bits per heavy atom. The first-order chi connectivity index (χ1) is 8.14. The second-order valence-electron chi connectivity index (χ2n) is 4.36. The quantitative estimate of drug-likeness (QED) is 0.901. The lowest BCUT2D eigenvalue weighted by Gasteiger charge is -2.27. The molecule has 0 fully saturated rings. The average molecular weight is 271 g/mol. The number of anilines is 1. The number of rotatable bonds is 4. The standard InChI is InChI=1S/C12H17NO4S/c1-8-5-6-9(2)11(7-8)13(18(4,16)17)10(3)12(14)15/h5-7,10H,1-4H3,(H,14,15)/t10-/m0/s1. The topological polar surface area (TPSA) is 74.7 Å². The maximum Gasteiger partial charge on any atom is 0.327 e. The van der Waals surface area contributed by atoms with Gasteiger partial charge >= 0.3 is 5.97 Å². The van der Waals surface area contributed by atoms with Crippen LogP contribution in [-0.2, 0) is 14.8 Å². The van der Waals surface area contributed by atoms with Crippen LogP contribution in [0.1, 0.15) is 18.1 Å². The minimum Gasteiger partial charge on any atom is -0.480 e. The van der Waals surface area contributed by atoms with Gasteiger partial charge in [0.25, 0.3) is 0 Å². The molecule has 0 aromatic heterocycles. The summed E-state index contributed by atoms with van der Waals surface area (Å²) in [6.45, 7) is 4.93. The predicted octanol–water partition coefficient (Wildman–Crippen LogP) is 1.54. The van der Waals surface area contributed by atoms with E-state index in [0.717, 1.165) is 21.7 Å². The molecule has 6 heteroatoms. The Morgan fingerprint density at radius 1 is 1.33 bits per heavy atom. The van der Waals surface area contributed by atoms with Crippen molar-refractivity contribution in [2.75, 3.05) is 10.6 Å². The number of carboxylic acids is 1. The van der Waals surface area contributed by atoms with Crippen molar-refractivity contribution in [2.24, 2.45) is 0 Å². The third-order valence-electron chi connectivity index (χ3n) is 2.67. The summed E-state index contributed by atoms with van der Waals surface area (Å²) in [5.74, 6) is -1.18. The summed E-state index contributed by atoms with van der Waals surface area (Å²) in [5.41, 5.74) is 2.01. The lowest BCUT2D eigenvalue weighted by molar-refractivity contribution is -0.137. The fourth-order valence-corrected chi connectivity index (χ4v) is 2.95. The summed E-state index contributed by atoms with van der Waals surface area (Å²) in [7, 11) is -3.65. The Hall–Kier alpha value is -1.56. The van der Waals surface area contributed by atoms with Gasteiger partial charge in [0, 0.05) is 0 Å². The molecule has 1 rings (SSSR count). The summed E-state index contributed by atoms with van der Waals surface area (Å²) < 4.78 is 24.5. The zero-order chi connectivity index (χ0) is 14.1. The molecule has 18 heavy (non-hydrogen) atoms. The number of aryl methyl sites for hydroxylation is 2. The van der Waals surface area contributed by atoms with E-state index in [0.29, 0.717) is 5.69 Å². The second kappa shape index (κ2) is 4.97. The van der Waals surface area contributed by atoms with E-state index < -0.39 is 22.0 Å². The van der Waals surface area contributed by atoms with Gasteiger partial charge in [0.15, 0.2) is 0 Å². The van der Waals surface area contributed by atoms with E-state index in [1.165, 1.54) is 6.92 Å². The van der Waals surface area contributed by atoms with E-state index in [9.17, 15) is 13.2 Å². The number of aliphatic carboxylic acids is 1.